The molecule has 0 saturated heterocycles. The molecule has 0 aliphatic heterocycles. The molecule has 2 amide bonds. The second-order valence-electron chi connectivity index (χ2n) is 5.65. The van der Waals surface area contributed by atoms with E-state index in [1.165, 1.54) is 17.9 Å². The molecule has 3 aromatic rings. The Morgan fingerprint density at radius 3 is 2.74 bits per heavy atom. The fourth-order valence-electron chi connectivity index (χ4n) is 2.62. The van der Waals surface area contributed by atoms with Gasteiger partial charge in [-0.25, -0.2) is 4.68 Å². The largest absolute Gasteiger partial charge is 0.497 e. The number of anilines is 1. The van der Waals surface area contributed by atoms with Crippen LogP contribution >= 0.6 is 0 Å². The van der Waals surface area contributed by atoms with Crippen LogP contribution in [0.5, 0.6) is 5.75 Å². The van der Waals surface area contributed by atoms with Crippen LogP contribution in [0, 0.1) is 0 Å². The van der Waals surface area contributed by atoms with Gasteiger partial charge in [0.25, 0.3) is 11.8 Å². The molecule has 0 atom stereocenters. The van der Waals surface area contributed by atoms with E-state index in [1.54, 1.807) is 19.2 Å². The number of hydrogen-bond acceptors (Lipinski definition) is 5. The number of nitrogens with zero attached hydrogens (tertiary/aromatic N) is 2. The predicted octanol–water partition coefficient (Wildman–Crippen LogP) is 2.78. The Bertz CT molecular complexity index is 974. The highest BCUT2D eigenvalue weighted by Gasteiger charge is 2.20. The minimum absolute atomic E-state index is 0.125. The maximum absolute atomic E-state index is 12.6. The van der Waals surface area contributed by atoms with Crippen LogP contribution in [-0.2, 0) is 6.54 Å². The van der Waals surface area contributed by atoms with E-state index in [0.29, 0.717) is 23.9 Å². The molecule has 0 unspecified atom stereocenters. The average molecular weight is 368 g/mol. The lowest BCUT2D eigenvalue weighted by Gasteiger charge is -2.08. The van der Waals surface area contributed by atoms with Crippen molar-refractivity contribution in [1.29, 1.82) is 0 Å². The molecule has 8 nitrogen and oxygen atoms in total. The summed E-state index contributed by atoms with van der Waals surface area (Å²) in [5.41, 5.74) is 1.07. The van der Waals surface area contributed by atoms with Crippen LogP contribution in [0.25, 0.3) is 11.3 Å². The molecule has 3 rings (SSSR count). The second-order valence-corrected chi connectivity index (χ2v) is 5.65. The van der Waals surface area contributed by atoms with Gasteiger partial charge in [-0.2, -0.15) is 5.10 Å². The van der Waals surface area contributed by atoms with Crippen molar-refractivity contribution in [3.8, 4) is 17.1 Å². The topological polar surface area (TPSA) is 98.4 Å². The van der Waals surface area contributed by atoms with Gasteiger partial charge in [0, 0.05) is 19.2 Å². The molecule has 1 aromatic carbocycles. The number of hydrogen-bond donors (Lipinski definition) is 2. The van der Waals surface area contributed by atoms with Gasteiger partial charge in [-0.05, 0) is 31.2 Å². The second kappa shape index (κ2) is 7.77. The summed E-state index contributed by atoms with van der Waals surface area (Å²) in [5.74, 6) is 0.873. The summed E-state index contributed by atoms with van der Waals surface area (Å²) in [6.07, 6.45) is 1.42. The van der Waals surface area contributed by atoms with Crippen LogP contribution in [0.15, 0.2) is 47.0 Å². The Morgan fingerprint density at radius 1 is 1.22 bits per heavy atom. The molecule has 2 heterocycles. The molecule has 8 heteroatoms. The Balaban J connectivity index is 1.85. The van der Waals surface area contributed by atoms with E-state index in [1.807, 2.05) is 31.2 Å². The highest BCUT2D eigenvalue weighted by molar-refractivity contribution is 6.07. The smallest absolute Gasteiger partial charge is 0.292 e. The molecule has 27 heavy (non-hydrogen) atoms. The van der Waals surface area contributed by atoms with Gasteiger partial charge < -0.3 is 19.8 Å². The number of rotatable bonds is 6. The van der Waals surface area contributed by atoms with Gasteiger partial charge in [-0.1, -0.05) is 12.1 Å². The summed E-state index contributed by atoms with van der Waals surface area (Å²) in [5, 5.41) is 9.36. The van der Waals surface area contributed by atoms with Crippen LogP contribution in [0.1, 0.15) is 27.8 Å². The molecule has 2 N–H and O–H groups in total. The molecule has 0 fully saturated rings. The predicted molar refractivity (Wildman–Crippen MR) is 99.9 cm³/mol. The lowest BCUT2D eigenvalue weighted by atomic mass is 10.2. The Kier molecular flexibility index (Phi) is 5.25. The van der Waals surface area contributed by atoms with Crippen LogP contribution < -0.4 is 15.4 Å². The van der Waals surface area contributed by atoms with E-state index in [4.69, 9.17) is 9.15 Å². The van der Waals surface area contributed by atoms with Gasteiger partial charge in [0.1, 0.15) is 22.9 Å². The zero-order valence-electron chi connectivity index (χ0n) is 15.3. The van der Waals surface area contributed by atoms with Crippen LogP contribution in [0.3, 0.4) is 0 Å². The number of aryl methyl sites for hydroxylation is 1. The van der Waals surface area contributed by atoms with Gasteiger partial charge in [0.05, 0.1) is 13.3 Å². The van der Waals surface area contributed by atoms with E-state index in [-0.39, 0.29) is 17.2 Å². The van der Waals surface area contributed by atoms with E-state index in [2.05, 4.69) is 15.7 Å². The summed E-state index contributed by atoms with van der Waals surface area (Å²) in [6.45, 7) is 2.36. The number of carbonyl (C=O) groups is 2. The Labute approximate surface area is 156 Å². The summed E-state index contributed by atoms with van der Waals surface area (Å²) in [6, 6.07) is 10.6. The first-order chi connectivity index (χ1) is 13.1. The minimum atomic E-state index is -0.468. The van der Waals surface area contributed by atoms with E-state index >= 15 is 0 Å². The van der Waals surface area contributed by atoms with Crippen molar-refractivity contribution in [2.75, 3.05) is 19.5 Å². The maximum Gasteiger partial charge on any atom is 0.292 e. The van der Waals surface area contributed by atoms with Crippen molar-refractivity contribution in [3.05, 3.63) is 53.9 Å². The first kappa shape index (κ1) is 18.2. The Morgan fingerprint density at radius 2 is 2.04 bits per heavy atom. The molecule has 0 aliphatic carbocycles. The first-order valence-electron chi connectivity index (χ1n) is 8.40. The summed E-state index contributed by atoms with van der Waals surface area (Å²) in [7, 11) is 3.10. The van der Waals surface area contributed by atoms with Crippen molar-refractivity contribution in [3.63, 3.8) is 0 Å². The third-order valence-electron chi connectivity index (χ3n) is 4.03. The van der Waals surface area contributed by atoms with Crippen molar-refractivity contribution in [2.45, 2.75) is 13.5 Å². The Hall–Kier alpha value is -3.55. The summed E-state index contributed by atoms with van der Waals surface area (Å²) < 4.78 is 12.4. The minimum Gasteiger partial charge on any atom is -0.497 e. The fraction of sp³-hybridized carbons (Fsp3) is 0.211. The number of nitrogens with one attached hydrogen (secondary N) is 2. The SMILES string of the molecule is CCn1ncc(C(=O)NC)c1NC(=O)c1ccc(-c2cccc(OC)c2)o1. The molecule has 2 aromatic heterocycles. The quantitative estimate of drug-likeness (QED) is 0.697. The van der Waals surface area contributed by atoms with Gasteiger partial charge in [0.15, 0.2) is 5.76 Å². The molecular weight excluding hydrogens is 348 g/mol. The number of benzene rings is 1. The normalized spacial score (nSPS) is 10.5. The molecule has 0 bridgehead atoms. The number of ether oxygens (including phenoxy) is 1. The van der Waals surface area contributed by atoms with Gasteiger partial charge in [0.2, 0.25) is 0 Å². The standard InChI is InChI=1S/C19H20N4O4/c1-4-23-17(14(11-21-23)18(24)20-2)22-19(25)16-9-8-15(27-16)12-6-5-7-13(10-12)26-3/h5-11H,4H2,1-3H3,(H,20,24)(H,22,25). The van der Waals surface area contributed by atoms with Gasteiger partial charge in [-0.15, -0.1) is 0 Å². The van der Waals surface area contributed by atoms with Crippen LogP contribution in [0.4, 0.5) is 5.82 Å². The number of carbonyl (C=O) groups excluding carboxylic acids is 2. The number of furan rings is 1. The third-order valence-corrected chi connectivity index (χ3v) is 4.03. The van der Waals surface area contributed by atoms with Crippen molar-refractivity contribution >= 4 is 17.6 Å². The number of amides is 2. The molecular formula is C19H20N4O4. The summed E-state index contributed by atoms with van der Waals surface area (Å²) >= 11 is 0. The van der Waals surface area contributed by atoms with Crippen molar-refractivity contribution in [2.24, 2.45) is 0 Å². The van der Waals surface area contributed by atoms with E-state index in [0.717, 1.165) is 5.56 Å². The fourth-order valence-corrected chi connectivity index (χ4v) is 2.62. The lowest BCUT2D eigenvalue weighted by molar-refractivity contribution is 0.0964. The molecule has 0 aliphatic rings. The monoisotopic (exact) mass is 368 g/mol. The third kappa shape index (κ3) is 3.69. The van der Waals surface area contributed by atoms with Crippen LogP contribution in [-0.4, -0.2) is 35.8 Å². The number of methoxy groups -OCH3 is 1. The van der Waals surface area contributed by atoms with E-state index in [9.17, 15) is 9.59 Å². The lowest BCUT2D eigenvalue weighted by Crippen LogP contribution is -2.22. The zero-order valence-corrected chi connectivity index (χ0v) is 15.3. The summed E-state index contributed by atoms with van der Waals surface area (Å²) in [4.78, 5) is 24.6. The van der Waals surface area contributed by atoms with Crippen LogP contribution in [0.2, 0.25) is 0 Å². The zero-order chi connectivity index (χ0) is 19.4. The van der Waals surface area contributed by atoms with Crippen molar-refractivity contribution < 1.29 is 18.7 Å². The van der Waals surface area contributed by atoms with Gasteiger partial charge in [-0.3, -0.25) is 9.59 Å². The molecule has 0 spiro atoms. The van der Waals surface area contributed by atoms with Gasteiger partial charge >= 0.3 is 0 Å². The number of aromatic nitrogens is 2. The highest BCUT2D eigenvalue weighted by atomic mass is 16.5. The van der Waals surface area contributed by atoms with Crippen molar-refractivity contribution in [1.82, 2.24) is 15.1 Å². The molecule has 0 radical (unpaired) electrons. The molecule has 0 saturated carbocycles. The highest BCUT2D eigenvalue weighted by Crippen LogP contribution is 2.26. The van der Waals surface area contributed by atoms with E-state index < -0.39 is 5.91 Å². The first-order valence-corrected chi connectivity index (χ1v) is 8.40. The molecule has 140 valence electrons. The maximum atomic E-state index is 12.6. The average Bonchev–Trinajstić information content (AvgIpc) is 3.34.